The van der Waals surface area contributed by atoms with Crippen molar-refractivity contribution in [3.05, 3.63) is 0 Å². The predicted octanol–water partition coefficient (Wildman–Crippen LogP) is 0.0281. The highest BCUT2D eigenvalue weighted by Crippen LogP contribution is 2.23. The van der Waals surface area contributed by atoms with Crippen LogP contribution in [0.15, 0.2) is 0 Å². The summed E-state index contributed by atoms with van der Waals surface area (Å²) in [5.41, 5.74) is -1.28. The first kappa shape index (κ1) is 13.4. The van der Waals surface area contributed by atoms with Crippen LogP contribution in [0.4, 0.5) is 0 Å². The first-order chi connectivity index (χ1) is 5.62. The van der Waals surface area contributed by atoms with Crippen molar-refractivity contribution in [3.63, 3.8) is 0 Å². The third-order valence-corrected chi connectivity index (χ3v) is 1.99. The van der Waals surface area contributed by atoms with Crippen molar-refractivity contribution in [1.29, 1.82) is 0 Å². The first-order valence-corrected chi connectivity index (χ1v) is 5.22. The Labute approximate surface area is 85.0 Å². The van der Waals surface area contributed by atoms with Gasteiger partial charge in [0.05, 0.1) is 0 Å². The summed E-state index contributed by atoms with van der Waals surface area (Å²) in [5, 5.41) is 14.9. The van der Waals surface area contributed by atoms with Gasteiger partial charge in [-0.15, -0.1) is 0 Å². The van der Waals surface area contributed by atoms with Crippen LogP contribution in [0, 0.1) is 0 Å². The van der Waals surface area contributed by atoms with Gasteiger partial charge in [-0.2, -0.15) is 12.6 Å². The van der Waals surface area contributed by atoms with Crippen LogP contribution in [0.3, 0.4) is 0 Å². The van der Waals surface area contributed by atoms with Crippen LogP contribution in [0.2, 0.25) is 0 Å². The van der Waals surface area contributed by atoms with E-state index in [1.807, 2.05) is 0 Å². The highest BCUT2D eigenvalue weighted by molar-refractivity contribution is 7.81. The second kappa shape index (κ2) is 4.74. The van der Waals surface area contributed by atoms with Crippen LogP contribution in [-0.4, -0.2) is 34.0 Å². The van der Waals surface area contributed by atoms with Gasteiger partial charge in [0, 0.05) is 6.42 Å². The van der Waals surface area contributed by atoms with Crippen LogP contribution < -0.4 is 0 Å². The van der Waals surface area contributed by atoms with E-state index in [1.165, 1.54) is 0 Å². The van der Waals surface area contributed by atoms with E-state index in [0.717, 1.165) is 0 Å². The minimum atomic E-state index is -4.84. The second-order valence-corrected chi connectivity index (χ2v) is 4.29. The molecule has 0 aliphatic carbocycles. The summed E-state index contributed by atoms with van der Waals surface area (Å²) in [6.45, 7) is 0. The fraction of sp³-hybridized carbons (Fsp3) is 1.00. The highest BCUT2D eigenvalue weighted by atomic mass is 35.5. The van der Waals surface area contributed by atoms with E-state index in [-0.39, 0.29) is 6.42 Å². The first-order valence-electron chi connectivity index (χ1n) is 3.04. The van der Waals surface area contributed by atoms with Crippen LogP contribution in [0.25, 0.3) is 0 Å². The van der Waals surface area contributed by atoms with Crippen LogP contribution >= 0.6 is 23.2 Å². The van der Waals surface area contributed by atoms with E-state index in [2.05, 4.69) is 4.18 Å². The summed E-state index contributed by atoms with van der Waals surface area (Å²) < 4.78 is 32.0. The summed E-state index contributed by atoms with van der Waals surface area (Å²) >= 11 is 10.2. The monoisotopic (exact) mass is 254 g/mol. The van der Waals surface area contributed by atoms with E-state index < -0.39 is 27.6 Å². The average Bonchev–Trinajstić information content (AvgIpc) is 1.78. The molecular weight excluding hydrogens is 247 g/mol. The Morgan fingerprint density at radius 3 is 2.31 bits per heavy atom. The quantitative estimate of drug-likeness (QED) is 0.363. The lowest BCUT2D eigenvalue weighted by atomic mass is 10.3. The molecule has 9 heteroatoms. The van der Waals surface area contributed by atoms with Crippen molar-refractivity contribution in [2.75, 3.05) is 0 Å². The zero-order valence-electron chi connectivity index (χ0n) is 6.22. The van der Waals surface area contributed by atoms with Crippen LogP contribution in [-0.2, 0) is 14.6 Å². The third-order valence-electron chi connectivity index (χ3n) is 0.924. The molecule has 0 aromatic rings. The molecule has 6 nitrogen and oxygen atoms in total. The Bertz CT molecular complexity index is 247. The second-order valence-electron chi connectivity index (χ2n) is 2.17. The maximum atomic E-state index is 10.1. The number of hydrogen-bond acceptors (Lipinski definition) is 5. The number of halogens is 2. The smallest absolute Gasteiger partial charge is 0.378 e. The molecule has 0 rings (SSSR count). The van der Waals surface area contributed by atoms with E-state index in [9.17, 15) is 8.42 Å². The minimum absolute atomic E-state index is 0.197. The van der Waals surface area contributed by atoms with Gasteiger partial charge in [-0.1, -0.05) is 23.2 Å². The molecule has 0 saturated heterocycles. The molecular formula is C4H8Cl2O6S. The Kier molecular flexibility index (Phi) is 4.87. The number of aliphatic hydroxyl groups is 2. The number of rotatable bonds is 5. The third kappa shape index (κ3) is 8.69. The van der Waals surface area contributed by atoms with Gasteiger partial charge in [0.25, 0.3) is 5.25 Å². The van der Waals surface area contributed by atoms with Crippen molar-refractivity contribution in [1.82, 2.24) is 0 Å². The van der Waals surface area contributed by atoms with Gasteiger partial charge in [0.1, 0.15) is 5.56 Å². The maximum Gasteiger partial charge on any atom is 0.401 e. The Morgan fingerprint density at radius 1 is 1.54 bits per heavy atom. The van der Waals surface area contributed by atoms with Crippen molar-refractivity contribution in [2.24, 2.45) is 0 Å². The van der Waals surface area contributed by atoms with Crippen molar-refractivity contribution < 1.29 is 27.4 Å². The number of aliphatic hydroxyl groups excluding tert-OH is 1. The normalized spacial score (nSPS) is 19.5. The summed E-state index contributed by atoms with van der Waals surface area (Å²) in [7, 11) is -4.84. The average molecular weight is 255 g/mol. The molecule has 0 unspecified atom stereocenters. The Balaban J connectivity index is 4.09. The summed E-state index contributed by atoms with van der Waals surface area (Å²) in [5.74, 6) is 0. The van der Waals surface area contributed by atoms with Gasteiger partial charge in [0.15, 0.2) is 0 Å². The van der Waals surface area contributed by atoms with Crippen LogP contribution in [0.5, 0.6) is 0 Å². The minimum Gasteiger partial charge on any atom is -0.378 e. The summed E-state index contributed by atoms with van der Waals surface area (Å²) in [4.78, 5) is 0. The molecule has 0 aliphatic rings. The lowest BCUT2D eigenvalue weighted by Gasteiger charge is -2.18. The van der Waals surface area contributed by atoms with E-state index >= 15 is 0 Å². The highest BCUT2D eigenvalue weighted by Gasteiger charge is 2.31. The van der Waals surface area contributed by atoms with E-state index in [4.69, 9.17) is 38.0 Å². The lowest BCUT2D eigenvalue weighted by Crippen LogP contribution is -2.29. The van der Waals surface area contributed by atoms with Crippen molar-refractivity contribution in [2.45, 2.75) is 23.7 Å². The van der Waals surface area contributed by atoms with Gasteiger partial charge in [-0.25, -0.2) is 0 Å². The largest absolute Gasteiger partial charge is 0.401 e. The van der Waals surface area contributed by atoms with Gasteiger partial charge in [0.2, 0.25) is 0 Å². The number of hydrogen-bond donors (Lipinski definition) is 3. The summed E-state index contributed by atoms with van der Waals surface area (Å²) in [6.07, 6.45) is -0.657. The van der Waals surface area contributed by atoms with E-state index in [0.29, 0.717) is 0 Å². The Hall–Kier alpha value is 0.370. The molecule has 0 aromatic heterocycles. The van der Waals surface area contributed by atoms with Crippen LogP contribution in [0.1, 0.15) is 12.8 Å². The van der Waals surface area contributed by atoms with Gasteiger partial charge in [-0.05, 0) is 6.42 Å². The van der Waals surface area contributed by atoms with Gasteiger partial charge in [-0.3, -0.25) is 4.55 Å². The molecule has 0 bridgehead atoms. The molecule has 13 heavy (non-hydrogen) atoms. The lowest BCUT2D eigenvalue weighted by molar-refractivity contribution is -0.0725. The summed E-state index contributed by atoms with van der Waals surface area (Å²) in [6, 6.07) is 0. The SMILES string of the molecule is O=S(=O)(O)O[C@@](O)(Cl)CC[C@@H](O)Cl. The molecule has 0 aliphatic heterocycles. The standard InChI is InChI=1S/C4H8Cl2O6S/c5-3(7)1-2-4(6,8)12-13(9,10)11/h3,7-8H,1-2H2,(H,9,10,11)/t3-,4-/m1/s1. The fourth-order valence-electron chi connectivity index (χ4n) is 0.500. The van der Waals surface area contributed by atoms with Gasteiger partial charge >= 0.3 is 10.4 Å². The molecule has 80 valence electrons. The molecule has 0 aromatic carbocycles. The van der Waals surface area contributed by atoms with Crippen molar-refractivity contribution >= 4 is 33.6 Å². The molecule has 2 atom stereocenters. The van der Waals surface area contributed by atoms with Gasteiger partial charge < -0.3 is 10.2 Å². The zero-order valence-corrected chi connectivity index (χ0v) is 8.55. The molecule has 0 spiro atoms. The Morgan fingerprint density at radius 2 is 2.00 bits per heavy atom. The van der Waals surface area contributed by atoms with E-state index in [1.54, 1.807) is 0 Å². The zero-order chi connectivity index (χ0) is 10.7. The van der Waals surface area contributed by atoms with Crippen molar-refractivity contribution in [3.8, 4) is 0 Å². The molecule has 0 amide bonds. The number of alkyl halides is 2. The molecule has 3 N–H and O–H groups in total. The molecule has 0 saturated carbocycles. The predicted molar refractivity (Wildman–Crippen MR) is 44.5 cm³/mol. The fourth-order valence-corrected chi connectivity index (χ4v) is 1.36. The molecule has 0 fully saturated rings. The molecule has 0 radical (unpaired) electrons. The maximum absolute atomic E-state index is 10.1. The topological polar surface area (TPSA) is 104 Å². The molecule has 0 heterocycles.